The molecule has 0 aliphatic heterocycles. The van der Waals surface area contributed by atoms with Crippen LogP contribution in [0.25, 0.3) is 21.5 Å². The highest BCUT2D eigenvalue weighted by molar-refractivity contribution is 9.10. The first-order chi connectivity index (χ1) is 14.2. The molecule has 0 heterocycles. The van der Waals surface area contributed by atoms with E-state index in [9.17, 15) is 4.79 Å². The number of fused-ring (bicyclic) bond motifs is 2. The highest BCUT2D eigenvalue weighted by Crippen LogP contribution is 2.27. The molecule has 0 bridgehead atoms. The van der Waals surface area contributed by atoms with Gasteiger partial charge < -0.3 is 4.74 Å². The molecule has 0 saturated heterocycles. The first-order valence-electron chi connectivity index (χ1n) is 9.33. The van der Waals surface area contributed by atoms with Crippen molar-refractivity contribution < 1.29 is 9.53 Å². The van der Waals surface area contributed by atoms with Gasteiger partial charge in [0.25, 0.3) is 5.91 Å². The van der Waals surface area contributed by atoms with Gasteiger partial charge in [-0.15, -0.1) is 0 Å². The van der Waals surface area contributed by atoms with Gasteiger partial charge in [-0.3, -0.25) is 4.79 Å². The third-order valence-electron chi connectivity index (χ3n) is 4.66. The maximum atomic E-state index is 12.7. The molecule has 1 amide bonds. The lowest BCUT2D eigenvalue weighted by Gasteiger charge is -2.10. The molecule has 29 heavy (non-hydrogen) atoms. The normalized spacial score (nSPS) is 11.2. The number of nitrogens with zero attached hydrogens (tertiary/aromatic N) is 1. The summed E-state index contributed by atoms with van der Waals surface area (Å²) < 4.78 is 6.36. The Morgan fingerprint density at radius 3 is 2.31 bits per heavy atom. The average molecular weight is 447 g/mol. The molecule has 0 fully saturated rings. The fourth-order valence-corrected chi connectivity index (χ4v) is 3.73. The van der Waals surface area contributed by atoms with Crippen molar-refractivity contribution in [2.75, 3.05) is 6.61 Å². The average Bonchev–Trinajstić information content (AvgIpc) is 2.74. The SMILES string of the molecule is CCOc1ccc(Br)cc1C(=O)N/N=C/c1c2ccccc2cc2ccccc12. The molecule has 0 aromatic heterocycles. The van der Waals surface area contributed by atoms with E-state index in [1.54, 1.807) is 18.3 Å². The molecule has 4 aromatic rings. The van der Waals surface area contributed by atoms with Crippen molar-refractivity contribution >= 4 is 49.6 Å². The summed E-state index contributed by atoms with van der Waals surface area (Å²) in [6, 6.07) is 23.8. The molecule has 4 rings (SSSR count). The second-order valence-corrected chi connectivity index (χ2v) is 7.42. The summed E-state index contributed by atoms with van der Waals surface area (Å²) >= 11 is 3.40. The Morgan fingerprint density at radius 1 is 1.00 bits per heavy atom. The van der Waals surface area contributed by atoms with E-state index in [2.05, 4.69) is 56.8 Å². The van der Waals surface area contributed by atoms with Crippen LogP contribution in [0.15, 0.2) is 82.4 Å². The molecule has 4 aromatic carbocycles. The van der Waals surface area contributed by atoms with E-state index in [0.717, 1.165) is 31.6 Å². The number of hydrogen-bond acceptors (Lipinski definition) is 3. The minimum Gasteiger partial charge on any atom is -0.493 e. The molecule has 144 valence electrons. The zero-order chi connectivity index (χ0) is 20.2. The van der Waals surface area contributed by atoms with Crippen LogP contribution in [-0.2, 0) is 0 Å². The van der Waals surface area contributed by atoms with E-state index < -0.39 is 0 Å². The molecule has 1 N–H and O–H groups in total. The standard InChI is InChI=1S/C24H19BrN2O2/c1-2-29-23-12-11-18(25)14-21(23)24(28)27-26-15-22-19-9-5-3-7-16(19)13-17-8-4-6-10-20(17)22/h3-15H,2H2,1H3,(H,27,28)/b26-15+. The van der Waals surface area contributed by atoms with Crippen molar-refractivity contribution in [3.8, 4) is 5.75 Å². The van der Waals surface area contributed by atoms with E-state index in [1.807, 2.05) is 37.3 Å². The van der Waals surface area contributed by atoms with Crippen molar-refractivity contribution in [3.63, 3.8) is 0 Å². The molecule has 0 radical (unpaired) electrons. The Labute approximate surface area is 177 Å². The quantitative estimate of drug-likeness (QED) is 0.235. The molecular formula is C24H19BrN2O2. The van der Waals surface area contributed by atoms with E-state index in [1.165, 1.54) is 0 Å². The minimum atomic E-state index is -0.324. The largest absolute Gasteiger partial charge is 0.493 e. The van der Waals surface area contributed by atoms with Gasteiger partial charge in [0.05, 0.1) is 18.4 Å². The molecule has 0 aliphatic rings. The van der Waals surface area contributed by atoms with Crippen LogP contribution in [-0.4, -0.2) is 18.7 Å². The Morgan fingerprint density at radius 2 is 1.66 bits per heavy atom. The third-order valence-corrected chi connectivity index (χ3v) is 5.15. The van der Waals surface area contributed by atoms with Gasteiger partial charge in [-0.25, -0.2) is 5.43 Å². The number of nitrogens with one attached hydrogen (secondary N) is 1. The lowest BCUT2D eigenvalue weighted by molar-refractivity contribution is 0.0951. The van der Waals surface area contributed by atoms with Gasteiger partial charge in [-0.05, 0) is 52.7 Å². The van der Waals surface area contributed by atoms with Crippen LogP contribution in [0.5, 0.6) is 5.75 Å². The Kier molecular flexibility index (Phi) is 5.58. The molecular weight excluding hydrogens is 428 g/mol. The number of carbonyl (C=O) groups is 1. The van der Waals surface area contributed by atoms with E-state index in [-0.39, 0.29) is 5.91 Å². The van der Waals surface area contributed by atoms with Crippen LogP contribution in [0.3, 0.4) is 0 Å². The van der Waals surface area contributed by atoms with Gasteiger partial charge in [-0.1, -0.05) is 64.5 Å². The summed E-state index contributed by atoms with van der Waals surface area (Å²) in [6.07, 6.45) is 1.71. The monoisotopic (exact) mass is 446 g/mol. The van der Waals surface area contributed by atoms with Crippen LogP contribution in [0.2, 0.25) is 0 Å². The Balaban J connectivity index is 1.69. The van der Waals surface area contributed by atoms with Crippen LogP contribution < -0.4 is 10.2 Å². The fraction of sp³-hybridized carbons (Fsp3) is 0.0833. The van der Waals surface area contributed by atoms with Crippen molar-refractivity contribution in [2.24, 2.45) is 5.10 Å². The van der Waals surface area contributed by atoms with Crippen LogP contribution in [0, 0.1) is 0 Å². The molecule has 0 saturated carbocycles. The smallest absolute Gasteiger partial charge is 0.275 e. The van der Waals surface area contributed by atoms with Gasteiger partial charge in [-0.2, -0.15) is 5.10 Å². The van der Waals surface area contributed by atoms with Gasteiger partial charge >= 0.3 is 0 Å². The van der Waals surface area contributed by atoms with Crippen molar-refractivity contribution in [2.45, 2.75) is 6.92 Å². The maximum Gasteiger partial charge on any atom is 0.275 e. The lowest BCUT2D eigenvalue weighted by atomic mass is 9.97. The zero-order valence-electron chi connectivity index (χ0n) is 15.9. The maximum absolute atomic E-state index is 12.7. The molecule has 0 atom stereocenters. The second-order valence-electron chi connectivity index (χ2n) is 6.51. The first-order valence-corrected chi connectivity index (χ1v) is 10.1. The number of ether oxygens (including phenoxy) is 1. The Bertz CT molecular complexity index is 1180. The van der Waals surface area contributed by atoms with Gasteiger partial charge in [0, 0.05) is 10.0 Å². The highest BCUT2D eigenvalue weighted by Gasteiger charge is 2.13. The van der Waals surface area contributed by atoms with Crippen molar-refractivity contribution in [3.05, 3.63) is 88.4 Å². The fourth-order valence-electron chi connectivity index (χ4n) is 3.36. The molecule has 0 unspecified atom stereocenters. The highest BCUT2D eigenvalue weighted by atomic mass is 79.9. The van der Waals surface area contributed by atoms with Gasteiger partial charge in [0.2, 0.25) is 0 Å². The topological polar surface area (TPSA) is 50.7 Å². The van der Waals surface area contributed by atoms with Crippen LogP contribution >= 0.6 is 15.9 Å². The van der Waals surface area contributed by atoms with Crippen molar-refractivity contribution in [1.29, 1.82) is 0 Å². The number of carbonyl (C=O) groups excluding carboxylic acids is 1. The zero-order valence-corrected chi connectivity index (χ0v) is 17.4. The molecule has 0 spiro atoms. The number of hydrazone groups is 1. The number of rotatable bonds is 5. The Hall–Kier alpha value is -3.18. The summed E-state index contributed by atoms with van der Waals surface area (Å²) in [5.41, 5.74) is 4.03. The summed E-state index contributed by atoms with van der Waals surface area (Å²) in [7, 11) is 0. The summed E-state index contributed by atoms with van der Waals surface area (Å²) in [5.74, 6) is 0.203. The van der Waals surface area contributed by atoms with E-state index in [0.29, 0.717) is 17.9 Å². The molecule has 0 aliphatic carbocycles. The van der Waals surface area contributed by atoms with E-state index in [4.69, 9.17) is 4.74 Å². The van der Waals surface area contributed by atoms with E-state index >= 15 is 0 Å². The summed E-state index contributed by atoms with van der Waals surface area (Å²) in [5, 5.41) is 8.68. The number of benzene rings is 4. The van der Waals surface area contributed by atoms with Gasteiger partial charge in [0.15, 0.2) is 0 Å². The predicted molar refractivity (Wildman–Crippen MR) is 122 cm³/mol. The van der Waals surface area contributed by atoms with Crippen molar-refractivity contribution in [1.82, 2.24) is 5.43 Å². The van der Waals surface area contributed by atoms with Crippen LogP contribution in [0.4, 0.5) is 0 Å². The number of hydrogen-bond donors (Lipinski definition) is 1. The molecule has 5 heteroatoms. The predicted octanol–water partition coefficient (Wildman–Crippen LogP) is 5.92. The second kappa shape index (κ2) is 8.45. The molecule has 4 nitrogen and oxygen atoms in total. The lowest BCUT2D eigenvalue weighted by Crippen LogP contribution is -2.19. The number of amides is 1. The summed E-state index contributed by atoms with van der Waals surface area (Å²) in [4.78, 5) is 12.7. The first kappa shape index (κ1) is 19.2. The third kappa shape index (κ3) is 4.00. The van der Waals surface area contributed by atoms with Crippen LogP contribution in [0.1, 0.15) is 22.8 Å². The van der Waals surface area contributed by atoms with Gasteiger partial charge in [0.1, 0.15) is 5.75 Å². The summed E-state index contributed by atoms with van der Waals surface area (Å²) in [6.45, 7) is 2.36. The number of halogens is 1. The minimum absolute atomic E-state index is 0.324.